The summed E-state index contributed by atoms with van der Waals surface area (Å²) >= 11 is 5.00. The van der Waals surface area contributed by atoms with Gasteiger partial charge in [-0.3, -0.25) is 19.1 Å². The number of nitrogens with zero attached hydrogens (tertiary/aromatic N) is 7. The summed E-state index contributed by atoms with van der Waals surface area (Å²) in [6.45, 7) is 9.10. The first-order chi connectivity index (χ1) is 23.4. The van der Waals surface area contributed by atoms with E-state index in [2.05, 4.69) is 66.0 Å². The molecule has 5 heterocycles. The van der Waals surface area contributed by atoms with Crippen LogP contribution in [0.4, 0.5) is 5.82 Å². The van der Waals surface area contributed by atoms with Crippen molar-refractivity contribution in [2.75, 3.05) is 5.32 Å². The topological polar surface area (TPSA) is 136 Å². The Hall–Kier alpha value is -4.80. The summed E-state index contributed by atoms with van der Waals surface area (Å²) in [4.78, 5) is 61.4. The number of carbonyl (C=O) groups is 3. The summed E-state index contributed by atoms with van der Waals surface area (Å²) in [5.41, 5.74) is 3.21. The van der Waals surface area contributed by atoms with Crippen LogP contribution in [0.3, 0.4) is 0 Å². The second kappa shape index (κ2) is 14.0. The number of thiazole rings is 1. The van der Waals surface area contributed by atoms with Gasteiger partial charge in [-0.15, -0.1) is 17.8 Å². The molecule has 0 spiro atoms. The van der Waals surface area contributed by atoms with Gasteiger partial charge in [0.1, 0.15) is 34.5 Å². The number of aromatic nitrogens is 6. The molecule has 6 rings (SSSR count). The smallest absolute Gasteiger partial charge is 0.248 e. The Balaban J connectivity index is 1.34. The standard InChI is InChI=1S/C36H35BrN8O3S/c1-7-27-24(14-32-40-17-30(49-32)19(2)3)13-29(36(48)42-35-20(4)8-11-31(37)41-35)45(27)33(47)18-44-28-10-9-23(25-15-38-22(6)39-16-25)12-26(28)34(43-44)21(5)46/h1,8-12,15-17,19,24,27,29H,13-14,18H2,2-6H3,(H,41,42,48)/t24-,27-,29+/m1/s1. The fourth-order valence-electron chi connectivity index (χ4n) is 6.16. The number of nitrogens with one attached hydrogen (secondary N) is 1. The number of aryl methyl sites for hydroxylation is 2. The quantitative estimate of drug-likeness (QED) is 0.108. The SMILES string of the molecule is C#C[C@@H]1[C@@H](Cc2ncc(C(C)C)s2)C[C@@H](C(=O)Nc2nc(Br)ccc2C)N1C(=O)Cn1nc(C(C)=O)c2cc(-c3cnc(C)nc3)ccc21. The minimum atomic E-state index is -0.870. The van der Waals surface area contributed by atoms with Crippen LogP contribution in [0, 0.1) is 32.1 Å². The zero-order valence-electron chi connectivity index (χ0n) is 27.8. The number of anilines is 1. The molecule has 3 atom stereocenters. The van der Waals surface area contributed by atoms with Crippen molar-refractivity contribution >= 4 is 61.6 Å². The first-order valence-electron chi connectivity index (χ1n) is 15.9. The van der Waals surface area contributed by atoms with E-state index in [0.717, 1.165) is 26.6 Å². The van der Waals surface area contributed by atoms with E-state index in [9.17, 15) is 14.4 Å². The van der Waals surface area contributed by atoms with Crippen molar-refractivity contribution in [1.29, 1.82) is 0 Å². The largest absolute Gasteiger partial charge is 0.315 e. The third-order valence-electron chi connectivity index (χ3n) is 8.73. The Morgan fingerprint density at radius 3 is 2.51 bits per heavy atom. The number of hydrogen-bond acceptors (Lipinski definition) is 9. The number of benzene rings is 1. The van der Waals surface area contributed by atoms with Crippen LogP contribution in [0.5, 0.6) is 0 Å². The number of amides is 2. The van der Waals surface area contributed by atoms with E-state index in [4.69, 9.17) is 6.42 Å². The number of fused-ring (bicyclic) bond motifs is 1. The minimum Gasteiger partial charge on any atom is -0.315 e. The molecule has 5 aromatic rings. The van der Waals surface area contributed by atoms with E-state index >= 15 is 0 Å². The molecule has 0 radical (unpaired) electrons. The zero-order valence-corrected chi connectivity index (χ0v) is 30.2. The lowest BCUT2D eigenvalue weighted by atomic mass is 9.95. The first-order valence-corrected chi connectivity index (χ1v) is 17.5. The van der Waals surface area contributed by atoms with E-state index in [1.54, 1.807) is 29.8 Å². The van der Waals surface area contributed by atoms with Crippen LogP contribution < -0.4 is 5.32 Å². The van der Waals surface area contributed by atoms with E-state index < -0.39 is 12.1 Å². The van der Waals surface area contributed by atoms with Crippen LogP contribution in [0.2, 0.25) is 0 Å². The van der Waals surface area contributed by atoms with Crippen molar-refractivity contribution in [2.24, 2.45) is 5.92 Å². The summed E-state index contributed by atoms with van der Waals surface area (Å²) in [7, 11) is 0. The lowest BCUT2D eigenvalue weighted by molar-refractivity contribution is -0.138. The van der Waals surface area contributed by atoms with Crippen LogP contribution in [-0.4, -0.2) is 64.3 Å². The lowest BCUT2D eigenvalue weighted by Gasteiger charge is -2.28. The van der Waals surface area contributed by atoms with E-state index in [1.165, 1.54) is 16.5 Å². The second-order valence-electron chi connectivity index (χ2n) is 12.5. The number of rotatable bonds is 9. The van der Waals surface area contributed by atoms with Crippen LogP contribution in [0.25, 0.3) is 22.0 Å². The molecule has 0 aliphatic carbocycles. The highest BCUT2D eigenvalue weighted by Crippen LogP contribution is 2.36. The molecule has 1 aromatic carbocycles. The molecule has 2 amide bonds. The van der Waals surface area contributed by atoms with Crippen LogP contribution in [0.1, 0.15) is 64.9 Å². The Bertz CT molecular complexity index is 2120. The number of hydrogen-bond donors (Lipinski definition) is 1. The van der Waals surface area contributed by atoms with Crippen molar-refractivity contribution in [3.8, 4) is 23.5 Å². The fraction of sp³-hybridized carbons (Fsp3) is 0.333. The van der Waals surface area contributed by atoms with Crippen molar-refractivity contribution in [3.05, 3.63) is 80.5 Å². The Morgan fingerprint density at radius 2 is 1.84 bits per heavy atom. The Labute approximate surface area is 296 Å². The van der Waals surface area contributed by atoms with Gasteiger partial charge < -0.3 is 10.2 Å². The number of halogens is 1. The van der Waals surface area contributed by atoms with Gasteiger partial charge in [0, 0.05) is 47.8 Å². The second-order valence-corrected chi connectivity index (χ2v) is 14.5. The fourth-order valence-corrected chi connectivity index (χ4v) is 7.48. The van der Waals surface area contributed by atoms with Crippen molar-refractivity contribution in [1.82, 2.24) is 34.6 Å². The number of carbonyl (C=O) groups excluding carboxylic acids is 3. The minimum absolute atomic E-state index is 0.214. The summed E-state index contributed by atoms with van der Waals surface area (Å²) in [6.07, 6.45) is 12.3. The van der Waals surface area contributed by atoms with Crippen LogP contribution in [-0.2, 0) is 22.6 Å². The summed E-state index contributed by atoms with van der Waals surface area (Å²) in [5, 5.41) is 9.02. The highest BCUT2D eigenvalue weighted by molar-refractivity contribution is 9.10. The van der Waals surface area contributed by atoms with Crippen molar-refractivity contribution < 1.29 is 14.4 Å². The zero-order chi connectivity index (χ0) is 35.0. The lowest BCUT2D eigenvalue weighted by Crippen LogP contribution is -2.48. The average molecular weight is 740 g/mol. The molecule has 1 aliphatic heterocycles. The number of terminal acetylenes is 1. The number of pyridine rings is 1. The normalized spacial score (nSPS) is 17.4. The van der Waals surface area contributed by atoms with Gasteiger partial charge in [0.05, 0.1) is 16.6 Å². The average Bonchev–Trinajstić information content (AvgIpc) is 3.79. The molecule has 0 saturated carbocycles. The molecular weight excluding hydrogens is 704 g/mol. The summed E-state index contributed by atoms with van der Waals surface area (Å²) in [6, 6.07) is 7.65. The molecule has 1 N–H and O–H groups in total. The maximum Gasteiger partial charge on any atom is 0.248 e. The van der Waals surface area contributed by atoms with Gasteiger partial charge in [-0.25, -0.2) is 19.9 Å². The van der Waals surface area contributed by atoms with Gasteiger partial charge in [-0.1, -0.05) is 31.9 Å². The maximum absolute atomic E-state index is 14.4. The highest BCUT2D eigenvalue weighted by Gasteiger charge is 2.46. The van der Waals surface area contributed by atoms with Crippen molar-refractivity contribution in [3.63, 3.8) is 0 Å². The van der Waals surface area contributed by atoms with Gasteiger partial charge in [-0.05, 0) is 77.4 Å². The molecule has 11 nitrogen and oxygen atoms in total. The third kappa shape index (κ3) is 7.02. The third-order valence-corrected chi connectivity index (χ3v) is 10.5. The van der Waals surface area contributed by atoms with Crippen LogP contribution >= 0.6 is 27.3 Å². The Kier molecular flexibility index (Phi) is 9.72. The van der Waals surface area contributed by atoms with Gasteiger partial charge in [0.15, 0.2) is 5.78 Å². The molecule has 250 valence electrons. The molecule has 1 saturated heterocycles. The Morgan fingerprint density at radius 1 is 1.08 bits per heavy atom. The first kappa shape index (κ1) is 34.1. The molecule has 13 heteroatoms. The molecule has 4 aromatic heterocycles. The number of ketones is 1. The summed E-state index contributed by atoms with van der Waals surface area (Å²) in [5.74, 6) is 2.98. The van der Waals surface area contributed by atoms with Gasteiger partial charge in [0.2, 0.25) is 11.8 Å². The molecular formula is C36H35BrN8O3S. The number of Topliss-reactive ketones (excluding diaryl/α,β-unsaturated/α-hetero) is 1. The summed E-state index contributed by atoms with van der Waals surface area (Å²) < 4.78 is 2.08. The highest BCUT2D eigenvalue weighted by atomic mass is 79.9. The van der Waals surface area contributed by atoms with Crippen molar-refractivity contribution in [2.45, 2.75) is 72.0 Å². The van der Waals surface area contributed by atoms with E-state index in [1.807, 2.05) is 44.3 Å². The monoisotopic (exact) mass is 738 g/mol. The van der Waals surface area contributed by atoms with E-state index in [0.29, 0.717) is 45.9 Å². The number of likely N-dealkylation sites (tertiary alicyclic amines) is 1. The maximum atomic E-state index is 14.4. The predicted octanol–water partition coefficient (Wildman–Crippen LogP) is 6.15. The van der Waals surface area contributed by atoms with Gasteiger partial charge in [0.25, 0.3) is 0 Å². The molecule has 0 unspecified atom stereocenters. The predicted molar refractivity (Wildman–Crippen MR) is 192 cm³/mol. The molecule has 1 aliphatic rings. The molecule has 49 heavy (non-hydrogen) atoms. The van der Waals surface area contributed by atoms with Gasteiger partial charge >= 0.3 is 0 Å². The molecule has 0 bridgehead atoms. The van der Waals surface area contributed by atoms with Crippen LogP contribution in [0.15, 0.2) is 53.5 Å². The van der Waals surface area contributed by atoms with Gasteiger partial charge in [-0.2, -0.15) is 5.10 Å². The van der Waals surface area contributed by atoms with E-state index in [-0.39, 0.29) is 35.8 Å². The molecule has 1 fully saturated rings.